The quantitative estimate of drug-likeness (QED) is 0.565. The number of nitrogens with zero attached hydrogens (tertiary/aromatic N) is 2. The Balaban J connectivity index is 1.64. The lowest BCUT2D eigenvalue weighted by molar-refractivity contribution is -0.169. The Morgan fingerprint density at radius 2 is 1.96 bits per heavy atom. The average Bonchev–Trinajstić information content (AvgIpc) is 3.01. The third-order valence-corrected chi connectivity index (χ3v) is 5.16. The maximum atomic E-state index is 12.3. The van der Waals surface area contributed by atoms with Crippen molar-refractivity contribution in [3.05, 3.63) is 11.8 Å². The number of aliphatic hydroxyl groups excluding tert-OH is 1. The van der Waals surface area contributed by atoms with E-state index in [0.717, 1.165) is 12.8 Å². The van der Waals surface area contributed by atoms with Crippen molar-refractivity contribution < 1.29 is 23.4 Å². The molecule has 10 heteroatoms. The first-order valence-corrected chi connectivity index (χ1v) is 9.24. The largest absolute Gasteiger partial charge is 0.391 e. The van der Waals surface area contributed by atoms with E-state index in [1.165, 1.54) is 6.20 Å². The predicted molar refractivity (Wildman–Crippen MR) is 94.6 cm³/mol. The molecule has 2 aliphatic carbocycles. The number of hydrogen-bond acceptors (Lipinski definition) is 7. The summed E-state index contributed by atoms with van der Waals surface area (Å²) in [5.74, 6) is -0.0323. The van der Waals surface area contributed by atoms with E-state index in [2.05, 4.69) is 25.3 Å². The SMILES string of the molecule is NC(=O)c1cnc(N[C@H]2CC[C@H](OC(F)F)CC2)nc1N[C@@H]1CCCC1O. The van der Waals surface area contributed by atoms with Gasteiger partial charge in [-0.1, -0.05) is 0 Å². The second kappa shape index (κ2) is 8.75. The molecule has 0 aliphatic heterocycles. The number of anilines is 2. The van der Waals surface area contributed by atoms with E-state index in [0.29, 0.717) is 43.9 Å². The van der Waals surface area contributed by atoms with Crippen LogP contribution in [0.25, 0.3) is 0 Å². The van der Waals surface area contributed by atoms with Crippen molar-refractivity contribution in [3.63, 3.8) is 0 Å². The van der Waals surface area contributed by atoms with E-state index in [1.54, 1.807) is 0 Å². The summed E-state index contributed by atoms with van der Waals surface area (Å²) in [5.41, 5.74) is 5.56. The highest BCUT2D eigenvalue weighted by atomic mass is 19.3. The molecule has 0 aromatic carbocycles. The number of nitrogens with two attached hydrogens (primary N) is 1. The average molecular weight is 385 g/mol. The van der Waals surface area contributed by atoms with Crippen molar-refractivity contribution in [2.45, 2.75) is 75.8 Å². The van der Waals surface area contributed by atoms with Crippen LogP contribution in [0, 0.1) is 0 Å². The van der Waals surface area contributed by atoms with Gasteiger partial charge >= 0.3 is 6.61 Å². The summed E-state index contributed by atoms with van der Waals surface area (Å²) in [5, 5.41) is 16.3. The van der Waals surface area contributed by atoms with E-state index < -0.39 is 24.7 Å². The molecule has 150 valence electrons. The third kappa shape index (κ3) is 5.23. The normalized spacial score (nSPS) is 28.3. The fourth-order valence-corrected chi connectivity index (χ4v) is 3.70. The Hall–Kier alpha value is -2.07. The smallest absolute Gasteiger partial charge is 0.345 e. The molecule has 1 amide bonds. The highest BCUT2D eigenvalue weighted by Gasteiger charge is 2.28. The van der Waals surface area contributed by atoms with Gasteiger partial charge in [0.1, 0.15) is 5.82 Å². The van der Waals surface area contributed by atoms with Crippen molar-refractivity contribution >= 4 is 17.7 Å². The Morgan fingerprint density at radius 1 is 1.22 bits per heavy atom. The molecule has 1 aromatic heterocycles. The number of primary amides is 1. The molecule has 1 unspecified atom stereocenters. The van der Waals surface area contributed by atoms with Crippen molar-refractivity contribution in [2.75, 3.05) is 10.6 Å². The molecular weight excluding hydrogens is 360 g/mol. The van der Waals surface area contributed by atoms with Gasteiger partial charge in [0.15, 0.2) is 0 Å². The molecule has 0 radical (unpaired) electrons. The fraction of sp³-hybridized carbons (Fsp3) is 0.706. The molecule has 2 fully saturated rings. The van der Waals surface area contributed by atoms with E-state index in [9.17, 15) is 18.7 Å². The number of ether oxygens (including phenoxy) is 1. The Bertz CT molecular complexity index is 655. The van der Waals surface area contributed by atoms with Gasteiger partial charge in [-0.2, -0.15) is 13.8 Å². The number of aliphatic hydroxyl groups is 1. The summed E-state index contributed by atoms with van der Waals surface area (Å²) >= 11 is 0. The molecule has 2 aliphatic rings. The standard InChI is InChI=1S/C17H25F2N5O3/c18-16(19)27-10-6-4-9(5-7-10)22-17-21-8-11(14(20)26)15(24-17)23-12-2-1-3-13(12)25/h8-10,12-13,16,25H,1-7H2,(H2,20,26)(H2,21,22,23,24)/t9-,10-,12-,13?/m1/s1. The van der Waals surface area contributed by atoms with Crippen LogP contribution in [0.1, 0.15) is 55.3 Å². The first kappa shape index (κ1) is 19.7. The summed E-state index contributed by atoms with van der Waals surface area (Å²) in [6, 6.07) is -0.153. The van der Waals surface area contributed by atoms with Crippen molar-refractivity contribution in [2.24, 2.45) is 5.73 Å². The monoisotopic (exact) mass is 385 g/mol. The molecule has 0 bridgehead atoms. The topological polar surface area (TPSA) is 122 Å². The Kier molecular flexibility index (Phi) is 6.38. The molecule has 1 heterocycles. The first-order valence-electron chi connectivity index (χ1n) is 9.24. The van der Waals surface area contributed by atoms with E-state index in [-0.39, 0.29) is 17.6 Å². The van der Waals surface area contributed by atoms with Gasteiger partial charge in [0.2, 0.25) is 5.95 Å². The van der Waals surface area contributed by atoms with E-state index in [4.69, 9.17) is 5.73 Å². The number of aromatic nitrogens is 2. The summed E-state index contributed by atoms with van der Waals surface area (Å²) < 4.78 is 29.1. The van der Waals surface area contributed by atoms with Gasteiger partial charge in [0, 0.05) is 12.2 Å². The lowest BCUT2D eigenvalue weighted by Crippen LogP contribution is -2.32. The Labute approximate surface area is 155 Å². The number of carbonyl (C=O) groups is 1. The minimum absolute atomic E-state index is 0.0341. The maximum Gasteiger partial charge on any atom is 0.345 e. The van der Waals surface area contributed by atoms with Gasteiger partial charge in [0.05, 0.1) is 23.8 Å². The molecule has 8 nitrogen and oxygen atoms in total. The lowest BCUT2D eigenvalue weighted by atomic mass is 9.93. The van der Waals surface area contributed by atoms with Crippen LogP contribution in [0.15, 0.2) is 6.20 Å². The molecule has 0 spiro atoms. The van der Waals surface area contributed by atoms with Crippen molar-refractivity contribution in [1.29, 1.82) is 0 Å². The van der Waals surface area contributed by atoms with Crippen LogP contribution < -0.4 is 16.4 Å². The molecule has 2 saturated carbocycles. The number of halogens is 2. The minimum Gasteiger partial charge on any atom is -0.391 e. The second-order valence-electron chi connectivity index (χ2n) is 7.08. The van der Waals surface area contributed by atoms with Gasteiger partial charge in [0.25, 0.3) is 5.91 Å². The molecule has 5 N–H and O–H groups in total. The zero-order valence-corrected chi connectivity index (χ0v) is 14.9. The highest BCUT2D eigenvalue weighted by molar-refractivity contribution is 5.97. The van der Waals surface area contributed by atoms with Gasteiger partial charge in [-0.05, 0) is 44.9 Å². The number of hydrogen-bond donors (Lipinski definition) is 4. The van der Waals surface area contributed by atoms with Crippen molar-refractivity contribution in [3.8, 4) is 0 Å². The van der Waals surface area contributed by atoms with Crippen LogP contribution in [-0.4, -0.2) is 51.9 Å². The Morgan fingerprint density at radius 3 is 2.56 bits per heavy atom. The lowest BCUT2D eigenvalue weighted by Gasteiger charge is -2.29. The van der Waals surface area contributed by atoms with Gasteiger partial charge < -0.3 is 26.2 Å². The zero-order valence-electron chi connectivity index (χ0n) is 14.9. The van der Waals surface area contributed by atoms with Crippen LogP contribution in [0.4, 0.5) is 20.5 Å². The minimum atomic E-state index is -2.75. The van der Waals surface area contributed by atoms with Crippen molar-refractivity contribution in [1.82, 2.24) is 9.97 Å². The number of carbonyl (C=O) groups excluding carboxylic acids is 1. The maximum absolute atomic E-state index is 12.3. The second-order valence-corrected chi connectivity index (χ2v) is 7.08. The molecule has 3 rings (SSSR count). The predicted octanol–water partition coefficient (Wildman–Crippen LogP) is 1.86. The number of alkyl halides is 2. The van der Waals surface area contributed by atoms with Crippen LogP contribution in [0.5, 0.6) is 0 Å². The zero-order chi connectivity index (χ0) is 19.4. The first-order chi connectivity index (χ1) is 12.9. The molecular formula is C17H25F2N5O3. The molecule has 0 saturated heterocycles. The molecule has 27 heavy (non-hydrogen) atoms. The molecule has 2 atom stereocenters. The molecule has 1 aromatic rings. The van der Waals surface area contributed by atoms with Gasteiger partial charge in [-0.25, -0.2) is 4.98 Å². The number of rotatable bonds is 7. The summed E-state index contributed by atoms with van der Waals surface area (Å²) in [6.45, 7) is -2.75. The summed E-state index contributed by atoms with van der Waals surface area (Å²) in [7, 11) is 0. The van der Waals surface area contributed by atoms with E-state index in [1.807, 2.05) is 0 Å². The highest BCUT2D eigenvalue weighted by Crippen LogP contribution is 2.27. The third-order valence-electron chi connectivity index (χ3n) is 5.16. The number of nitrogens with one attached hydrogen (secondary N) is 2. The van der Waals surface area contributed by atoms with Crippen LogP contribution >= 0.6 is 0 Å². The van der Waals surface area contributed by atoms with Crippen LogP contribution in [0.3, 0.4) is 0 Å². The van der Waals surface area contributed by atoms with Crippen LogP contribution in [0.2, 0.25) is 0 Å². The van der Waals surface area contributed by atoms with Gasteiger partial charge in [-0.3, -0.25) is 4.79 Å². The van der Waals surface area contributed by atoms with E-state index >= 15 is 0 Å². The van der Waals surface area contributed by atoms with Crippen LogP contribution in [-0.2, 0) is 4.74 Å². The van der Waals surface area contributed by atoms with Gasteiger partial charge in [-0.15, -0.1) is 0 Å². The fourth-order valence-electron chi connectivity index (χ4n) is 3.70. The summed E-state index contributed by atoms with van der Waals surface area (Å²) in [6.07, 6.45) is 5.16. The summed E-state index contributed by atoms with van der Waals surface area (Å²) in [4.78, 5) is 20.1. The number of amides is 1.